The van der Waals surface area contributed by atoms with Gasteiger partial charge in [-0.1, -0.05) is 30.0 Å². The van der Waals surface area contributed by atoms with E-state index in [0.717, 1.165) is 16.9 Å². The van der Waals surface area contributed by atoms with Crippen LogP contribution in [0, 0.1) is 10.1 Å². The van der Waals surface area contributed by atoms with Gasteiger partial charge in [-0.3, -0.25) is 15.2 Å². The highest BCUT2D eigenvalue weighted by Gasteiger charge is 2.16. The van der Waals surface area contributed by atoms with Gasteiger partial charge in [-0.15, -0.1) is 5.10 Å². The molecule has 0 bridgehead atoms. The monoisotopic (exact) mass is 400 g/mol. The van der Waals surface area contributed by atoms with E-state index in [4.69, 9.17) is 9.47 Å². The largest absolute Gasteiger partial charge is 0.493 e. The Morgan fingerprint density at radius 3 is 2.61 bits per heavy atom. The molecule has 9 heteroatoms. The molecule has 1 N–H and O–H groups in total. The summed E-state index contributed by atoms with van der Waals surface area (Å²) in [6.07, 6.45) is 0. The number of H-pyrrole nitrogens is 1. The summed E-state index contributed by atoms with van der Waals surface area (Å²) >= 11 is 1.39. The van der Waals surface area contributed by atoms with Crippen molar-refractivity contribution in [3.05, 3.63) is 58.1 Å². The van der Waals surface area contributed by atoms with E-state index in [1.807, 2.05) is 37.3 Å². The number of nitro benzene ring substituents is 1. The molecule has 0 saturated carbocycles. The number of thioether (sulfide) groups is 1. The first-order chi connectivity index (χ1) is 13.6. The Kier molecular flexibility index (Phi) is 6.49. The second-order valence-corrected chi connectivity index (χ2v) is 6.62. The fourth-order valence-electron chi connectivity index (χ4n) is 2.60. The second-order valence-electron chi connectivity index (χ2n) is 5.68. The van der Waals surface area contributed by atoms with Crippen LogP contribution in [0.3, 0.4) is 0 Å². The molecule has 3 aromatic rings. The standard InChI is InChI=1S/C19H20N4O4S/c1-3-26-16-8-6-5-7-14(16)18-20-19(22-21-18)28-12-13-9-10-17(27-4-2)15(11-13)23(24)25/h5-11H,3-4,12H2,1-2H3,(H,20,21,22). The molecule has 2 aromatic carbocycles. The van der Waals surface area contributed by atoms with Crippen LogP contribution in [0.4, 0.5) is 5.69 Å². The lowest BCUT2D eigenvalue weighted by molar-refractivity contribution is -0.385. The number of aromatic nitrogens is 3. The van der Waals surface area contributed by atoms with Crippen LogP contribution < -0.4 is 9.47 Å². The van der Waals surface area contributed by atoms with E-state index < -0.39 is 4.92 Å². The summed E-state index contributed by atoms with van der Waals surface area (Å²) in [5.74, 6) is 2.12. The summed E-state index contributed by atoms with van der Waals surface area (Å²) < 4.78 is 10.9. The Bertz CT molecular complexity index is 961. The zero-order valence-corrected chi connectivity index (χ0v) is 16.4. The van der Waals surface area contributed by atoms with Crippen LogP contribution in [0.5, 0.6) is 11.5 Å². The van der Waals surface area contributed by atoms with E-state index in [1.165, 1.54) is 17.8 Å². The SMILES string of the molecule is CCOc1ccccc1-c1nc(SCc2ccc(OCC)c([N+](=O)[O-])c2)n[nH]1. The number of hydrogen-bond acceptors (Lipinski definition) is 7. The van der Waals surface area contributed by atoms with Gasteiger partial charge in [-0.25, -0.2) is 4.98 Å². The van der Waals surface area contributed by atoms with Crippen molar-refractivity contribution in [3.63, 3.8) is 0 Å². The van der Waals surface area contributed by atoms with Gasteiger partial charge in [0.25, 0.3) is 0 Å². The molecule has 0 radical (unpaired) electrons. The molecule has 28 heavy (non-hydrogen) atoms. The van der Waals surface area contributed by atoms with Gasteiger partial charge in [-0.05, 0) is 37.6 Å². The van der Waals surface area contributed by atoms with Gasteiger partial charge in [0, 0.05) is 11.8 Å². The summed E-state index contributed by atoms with van der Waals surface area (Å²) in [6.45, 7) is 4.65. The van der Waals surface area contributed by atoms with Crippen LogP contribution in [0.2, 0.25) is 0 Å². The molecular formula is C19H20N4O4S. The highest BCUT2D eigenvalue weighted by Crippen LogP contribution is 2.32. The third kappa shape index (κ3) is 4.61. The van der Waals surface area contributed by atoms with E-state index >= 15 is 0 Å². The lowest BCUT2D eigenvalue weighted by Gasteiger charge is -2.07. The molecule has 1 aromatic heterocycles. The first-order valence-electron chi connectivity index (χ1n) is 8.79. The Labute approximate surface area is 166 Å². The highest BCUT2D eigenvalue weighted by atomic mass is 32.2. The van der Waals surface area contributed by atoms with Crippen molar-refractivity contribution in [1.29, 1.82) is 0 Å². The number of hydrogen-bond donors (Lipinski definition) is 1. The van der Waals surface area contributed by atoms with Gasteiger partial charge in [0.1, 0.15) is 5.75 Å². The lowest BCUT2D eigenvalue weighted by Crippen LogP contribution is -1.98. The number of nitro groups is 1. The molecule has 0 aliphatic carbocycles. The minimum atomic E-state index is -0.436. The molecule has 0 aliphatic heterocycles. The van der Waals surface area contributed by atoms with Crippen LogP contribution >= 0.6 is 11.8 Å². The van der Waals surface area contributed by atoms with Gasteiger partial charge < -0.3 is 9.47 Å². The molecule has 0 fully saturated rings. The maximum atomic E-state index is 11.2. The molecule has 0 aliphatic rings. The van der Waals surface area contributed by atoms with E-state index in [0.29, 0.717) is 29.9 Å². The summed E-state index contributed by atoms with van der Waals surface area (Å²) in [4.78, 5) is 15.3. The molecule has 0 amide bonds. The fourth-order valence-corrected chi connectivity index (χ4v) is 3.34. The van der Waals surface area contributed by atoms with Crippen molar-refractivity contribution in [3.8, 4) is 22.9 Å². The van der Waals surface area contributed by atoms with E-state index in [-0.39, 0.29) is 11.4 Å². The minimum Gasteiger partial charge on any atom is -0.493 e. The predicted octanol–water partition coefficient (Wildman–Crippen LogP) is 4.47. The van der Waals surface area contributed by atoms with Crippen molar-refractivity contribution in [1.82, 2.24) is 15.2 Å². The average Bonchev–Trinajstić information content (AvgIpc) is 3.17. The normalized spacial score (nSPS) is 10.6. The smallest absolute Gasteiger partial charge is 0.311 e. The fraction of sp³-hybridized carbons (Fsp3) is 0.263. The summed E-state index contributed by atoms with van der Waals surface area (Å²) in [5, 5.41) is 18.9. The first kappa shape index (κ1) is 19.7. The highest BCUT2D eigenvalue weighted by molar-refractivity contribution is 7.98. The third-order valence-corrected chi connectivity index (χ3v) is 4.71. The van der Waals surface area contributed by atoms with Crippen LogP contribution in [0.15, 0.2) is 47.6 Å². The quantitative estimate of drug-likeness (QED) is 0.321. The molecule has 8 nitrogen and oxygen atoms in total. The maximum absolute atomic E-state index is 11.2. The predicted molar refractivity (Wildman–Crippen MR) is 107 cm³/mol. The Hall–Kier alpha value is -3.07. The summed E-state index contributed by atoms with van der Waals surface area (Å²) in [6, 6.07) is 12.6. The van der Waals surface area contributed by atoms with Gasteiger partial charge in [0.2, 0.25) is 5.16 Å². The molecular weight excluding hydrogens is 380 g/mol. The zero-order valence-electron chi connectivity index (χ0n) is 15.5. The number of rotatable bonds is 9. The number of para-hydroxylation sites is 1. The van der Waals surface area contributed by atoms with Crippen molar-refractivity contribution in [2.75, 3.05) is 13.2 Å². The van der Waals surface area contributed by atoms with E-state index in [2.05, 4.69) is 15.2 Å². The van der Waals surface area contributed by atoms with Crippen LogP contribution in [-0.4, -0.2) is 33.3 Å². The molecule has 0 atom stereocenters. The van der Waals surface area contributed by atoms with Crippen LogP contribution in [0.1, 0.15) is 19.4 Å². The number of ether oxygens (including phenoxy) is 2. The van der Waals surface area contributed by atoms with E-state index in [9.17, 15) is 10.1 Å². The van der Waals surface area contributed by atoms with Crippen LogP contribution in [0.25, 0.3) is 11.4 Å². The van der Waals surface area contributed by atoms with Crippen molar-refractivity contribution in [2.24, 2.45) is 0 Å². The van der Waals surface area contributed by atoms with Gasteiger partial charge in [0.05, 0.1) is 23.7 Å². The molecule has 0 spiro atoms. The van der Waals surface area contributed by atoms with Gasteiger partial charge in [-0.2, -0.15) is 0 Å². The topological polar surface area (TPSA) is 103 Å². The maximum Gasteiger partial charge on any atom is 0.311 e. The lowest BCUT2D eigenvalue weighted by atomic mass is 10.2. The average molecular weight is 400 g/mol. The molecule has 0 saturated heterocycles. The summed E-state index contributed by atoms with van der Waals surface area (Å²) in [7, 11) is 0. The molecule has 0 unspecified atom stereocenters. The van der Waals surface area contributed by atoms with Gasteiger partial charge in [0.15, 0.2) is 11.6 Å². The molecule has 146 valence electrons. The second kappa shape index (κ2) is 9.23. The Morgan fingerprint density at radius 1 is 1.11 bits per heavy atom. The number of benzene rings is 2. The minimum absolute atomic E-state index is 0.0405. The van der Waals surface area contributed by atoms with Crippen molar-refractivity contribution >= 4 is 17.4 Å². The molecule has 3 rings (SSSR count). The Morgan fingerprint density at radius 2 is 1.86 bits per heavy atom. The number of aromatic amines is 1. The Balaban J connectivity index is 1.73. The van der Waals surface area contributed by atoms with Crippen LogP contribution in [-0.2, 0) is 5.75 Å². The first-order valence-corrected chi connectivity index (χ1v) is 9.78. The molecule has 1 heterocycles. The van der Waals surface area contributed by atoms with Crippen molar-refractivity contribution in [2.45, 2.75) is 24.8 Å². The third-order valence-electron chi connectivity index (χ3n) is 3.79. The number of nitrogens with one attached hydrogen (secondary N) is 1. The van der Waals surface area contributed by atoms with E-state index in [1.54, 1.807) is 13.0 Å². The van der Waals surface area contributed by atoms with Gasteiger partial charge >= 0.3 is 5.69 Å². The zero-order chi connectivity index (χ0) is 19.9. The summed E-state index contributed by atoms with van der Waals surface area (Å²) in [5.41, 5.74) is 1.59. The van der Waals surface area contributed by atoms with Crippen molar-refractivity contribution < 1.29 is 14.4 Å². The number of nitrogens with zero attached hydrogens (tertiary/aromatic N) is 3.